The Bertz CT molecular complexity index is 567. The Kier molecular flexibility index (Phi) is 5.22. The molecule has 0 unspecified atom stereocenters. The third-order valence-corrected chi connectivity index (χ3v) is 4.69. The van der Waals surface area contributed by atoms with Gasteiger partial charge in [0.05, 0.1) is 20.7 Å². The summed E-state index contributed by atoms with van der Waals surface area (Å²) < 4.78 is 0. The maximum atomic E-state index is 6.02. The molecule has 0 amide bonds. The van der Waals surface area contributed by atoms with Crippen molar-refractivity contribution < 1.29 is 0 Å². The predicted molar refractivity (Wildman–Crippen MR) is 83.3 cm³/mol. The fourth-order valence-corrected chi connectivity index (χ4v) is 3.28. The fourth-order valence-electron chi connectivity index (χ4n) is 1.93. The molecule has 0 spiro atoms. The van der Waals surface area contributed by atoms with Gasteiger partial charge in [-0.2, -0.15) is 0 Å². The molecule has 5 heteroatoms. The average Bonchev–Trinajstić information content (AvgIpc) is 2.76. The highest BCUT2D eigenvalue weighted by atomic mass is 35.5. The van der Waals surface area contributed by atoms with Crippen LogP contribution in [0.4, 0.5) is 0 Å². The van der Waals surface area contributed by atoms with Crippen LogP contribution in [-0.4, -0.2) is 4.98 Å². The summed E-state index contributed by atoms with van der Waals surface area (Å²) in [5.74, 6) is 0. The van der Waals surface area contributed by atoms with Gasteiger partial charge in [0.25, 0.3) is 0 Å². The third kappa shape index (κ3) is 3.69. The van der Waals surface area contributed by atoms with Crippen LogP contribution in [0.2, 0.25) is 10.0 Å². The molecule has 1 aromatic heterocycles. The smallest absolute Gasteiger partial charge is 0.0975 e. The van der Waals surface area contributed by atoms with Crippen molar-refractivity contribution in [2.24, 2.45) is 5.73 Å². The molecule has 0 radical (unpaired) electrons. The predicted octanol–water partition coefficient (Wildman–Crippen LogP) is 4.45. The van der Waals surface area contributed by atoms with E-state index in [-0.39, 0.29) is 0 Å². The standard InChI is InChI=1S/C14H16Cl2N2S/c1-2-3-12-13(8-17)19-14(18-12)7-9-4-5-10(15)11(16)6-9/h4-6H,2-3,7-8,17H2,1H3. The minimum atomic E-state index is 0.564. The second kappa shape index (κ2) is 6.71. The number of hydrogen-bond donors (Lipinski definition) is 1. The second-order valence-electron chi connectivity index (χ2n) is 4.36. The van der Waals surface area contributed by atoms with Gasteiger partial charge in [0.1, 0.15) is 0 Å². The molecular weight excluding hydrogens is 299 g/mol. The van der Waals surface area contributed by atoms with Crippen molar-refractivity contribution in [2.75, 3.05) is 0 Å². The van der Waals surface area contributed by atoms with Crippen LogP contribution in [0, 0.1) is 0 Å². The number of nitrogens with two attached hydrogens (primary N) is 1. The molecule has 2 aromatic rings. The van der Waals surface area contributed by atoms with E-state index in [1.807, 2.05) is 18.2 Å². The van der Waals surface area contributed by atoms with E-state index in [0.29, 0.717) is 16.6 Å². The summed E-state index contributed by atoms with van der Waals surface area (Å²) in [6, 6.07) is 5.70. The Labute approximate surface area is 127 Å². The molecule has 2 N–H and O–H groups in total. The van der Waals surface area contributed by atoms with Crippen molar-refractivity contribution in [3.05, 3.63) is 49.4 Å². The molecule has 102 valence electrons. The van der Waals surface area contributed by atoms with Crippen molar-refractivity contribution in [3.8, 4) is 0 Å². The Morgan fingerprint density at radius 1 is 1.26 bits per heavy atom. The third-order valence-electron chi connectivity index (χ3n) is 2.83. The van der Waals surface area contributed by atoms with Crippen molar-refractivity contribution in [3.63, 3.8) is 0 Å². The number of thiazole rings is 1. The topological polar surface area (TPSA) is 38.9 Å². The zero-order chi connectivity index (χ0) is 13.8. The van der Waals surface area contributed by atoms with Crippen molar-refractivity contribution in [1.82, 2.24) is 4.98 Å². The van der Waals surface area contributed by atoms with Crippen molar-refractivity contribution in [2.45, 2.75) is 32.7 Å². The summed E-state index contributed by atoms with van der Waals surface area (Å²) in [6.45, 7) is 2.71. The summed E-state index contributed by atoms with van der Waals surface area (Å²) >= 11 is 13.6. The summed E-state index contributed by atoms with van der Waals surface area (Å²) in [7, 11) is 0. The molecule has 2 rings (SSSR count). The van der Waals surface area contributed by atoms with Gasteiger partial charge < -0.3 is 5.73 Å². The number of benzene rings is 1. The average molecular weight is 315 g/mol. The lowest BCUT2D eigenvalue weighted by Crippen LogP contribution is -1.98. The van der Waals surface area contributed by atoms with E-state index in [9.17, 15) is 0 Å². The molecule has 2 nitrogen and oxygen atoms in total. The first-order chi connectivity index (χ1) is 9.13. The molecule has 1 heterocycles. The van der Waals surface area contributed by atoms with Crippen LogP contribution in [0.15, 0.2) is 18.2 Å². The van der Waals surface area contributed by atoms with E-state index in [1.54, 1.807) is 11.3 Å². The lowest BCUT2D eigenvalue weighted by molar-refractivity contribution is 0.863. The van der Waals surface area contributed by atoms with Gasteiger partial charge in [0.15, 0.2) is 0 Å². The molecule has 0 fully saturated rings. The summed E-state index contributed by atoms with van der Waals surface area (Å²) in [6.07, 6.45) is 2.85. The molecule has 0 aliphatic carbocycles. The summed E-state index contributed by atoms with van der Waals surface area (Å²) in [4.78, 5) is 5.87. The normalized spacial score (nSPS) is 10.9. The van der Waals surface area contributed by atoms with E-state index in [4.69, 9.17) is 28.9 Å². The van der Waals surface area contributed by atoms with Gasteiger partial charge in [-0.05, 0) is 24.1 Å². The zero-order valence-electron chi connectivity index (χ0n) is 10.7. The molecule has 0 saturated carbocycles. The Hall–Kier alpha value is -0.610. The number of hydrogen-bond acceptors (Lipinski definition) is 3. The molecule has 19 heavy (non-hydrogen) atoms. The first kappa shape index (κ1) is 14.8. The summed E-state index contributed by atoms with van der Waals surface area (Å²) in [5.41, 5.74) is 8.03. The first-order valence-corrected chi connectivity index (χ1v) is 7.82. The lowest BCUT2D eigenvalue weighted by Gasteiger charge is -2.00. The van der Waals surface area contributed by atoms with Gasteiger partial charge in [0.2, 0.25) is 0 Å². The van der Waals surface area contributed by atoms with Crippen LogP contribution >= 0.6 is 34.5 Å². The Morgan fingerprint density at radius 2 is 2.05 bits per heavy atom. The van der Waals surface area contributed by atoms with Gasteiger partial charge in [-0.1, -0.05) is 42.6 Å². The molecule has 0 atom stereocenters. The van der Waals surface area contributed by atoms with Gasteiger partial charge >= 0.3 is 0 Å². The van der Waals surface area contributed by atoms with E-state index in [2.05, 4.69) is 11.9 Å². The van der Waals surface area contributed by atoms with E-state index in [0.717, 1.165) is 35.5 Å². The molecule has 0 bridgehead atoms. The Balaban J connectivity index is 2.20. The highest BCUT2D eigenvalue weighted by Crippen LogP contribution is 2.26. The SMILES string of the molecule is CCCc1nc(Cc2ccc(Cl)c(Cl)c2)sc1CN. The Morgan fingerprint density at radius 3 is 2.68 bits per heavy atom. The van der Waals surface area contributed by atoms with E-state index >= 15 is 0 Å². The number of aryl methyl sites for hydroxylation is 1. The summed E-state index contributed by atoms with van der Waals surface area (Å²) in [5, 5.41) is 2.25. The number of nitrogens with zero attached hydrogens (tertiary/aromatic N) is 1. The minimum absolute atomic E-state index is 0.564. The number of aromatic nitrogens is 1. The van der Waals surface area contributed by atoms with E-state index < -0.39 is 0 Å². The highest BCUT2D eigenvalue weighted by molar-refractivity contribution is 7.11. The van der Waals surface area contributed by atoms with Crippen LogP contribution in [0.3, 0.4) is 0 Å². The first-order valence-electron chi connectivity index (χ1n) is 6.25. The van der Waals surface area contributed by atoms with Crippen LogP contribution in [0.1, 0.15) is 34.5 Å². The van der Waals surface area contributed by atoms with Crippen LogP contribution in [-0.2, 0) is 19.4 Å². The molecule has 0 aliphatic heterocycles. The molecular formula is C14H16Cl2N2S. The van der Waals surface area contributed by atoms with Crippen molar-refractivity contribution in [1.29, 1.82) is 0 Å². The van der Waals surface area contributed by atoms with Gasteiger partial charge in [-0.25, -0.2) is 4.98 Å². The lowest BCUT2D eigenvalue weighted by atomic mass is 10.1. The molecule has 0 aliphatic rings. The molecule has 1 aromatic carbocycles. The molecule has 0 saturated heterocycles. The van der Waals surface area contributed by atoms with Crippen LogP contribution < -0.4 is 5.73 Å². The monoisotopic (exact) mass is 314 g/mol. The quantitative estimate of drug-likeness (QED) is 0.885. The largest absolute Gasteiger partial charge is 0.326 e. The van der Waals surface area contributed by atoms with E-state index in [1.165, 1.54) is 4.88 Å². The number of rotatable bonds is 5. The van der Waals surface area contributed by atoms with Gasteiger partial charge in [-0.15, -0.1) is 11.3 Å². The number of halogens is 2. The maximum absolute atomic E-state index is 6.02. The fraction of sp³-hybridized carbons (Fsp3) is 0.357. The highest BCUT2D eigenvalue weighted by Gasteiger charge is 2.10. The minimum Gasteiger partial charge on any atom is -0.326 e. The van der Waals surface area contributed by atoms with Crippen molar-refractivity contribution >= 4 is 34.5 Å². The van der Waals surface area contributed by atoms with Gasteiger partial charge in [0, 0.05) is 17.8 Å². The zero-order valence-corrected chi connectivity index (χ0v) is 13.1. The maximum Gasteiger partial charge on any atom is 0.0975 e. The second-order valence-corrected chi connectivity index (χ2v) is 6.34. The van der Waals surface area contributed by atoms with Gasteiger partial charge in [-0.3, -0.25) is 0 Å². The van der Waals surface area contributed by atoms with Crippen LogP contribution in [0.5, 0.6) is 0 Å². The van der Waals surface area contributed by atoms with Crippen LogP contribution in [0.25, 0.3) is 0 Å².